The van der Waals surface area contributed by atoms with Crippen LogP contribution in [-0.4, -0.2) is 38.1 Å². The number of fused-ring (bicyclic) bond motifs is 1. The van der Waals surface area contributed by atoms with Crippen molar-refractivity contribution in [2.75, 3.05) is 18.0 Å². The largest absolute Gasteiger partial charge is 0.380 e. The van der Waals surface area contributed by atoms with Gasteiger partial charge in [0.2, 0.25) is 0 Å². The molecule has 0 bridgehead atoms. The molecule has 0 spiro atoms. The predicted octanol–water partition coefficient (Wildman–Crippen LogP) is 1.62. The number of aryl methyl sites for hydroxylation is 1. The smallest absolute Gasteiger partial charge is 0.143 e. The zero-order valence-electron chi connectivity index (χ0n) is 12.3. The first kappa shape index (κ1) is 13.2. The number of H-pyrrole nitrogens is 1. The third-order valence-electron chi connectivity index (χ3n) is 4.26. The number of aromatic amines is 1. The summed E-state index contributed by atoms with van der Waals surface area (Å²) < 4.78 is 0. The molecule has 1 aliphatic heterocycles. The van der Waals surface area contributed by atoms with Crippen LogP contribution in [0.25, 0.3) is 11.0 Å². The second-order valence-electron chi connectivity index (χ2n) is 5.69. The molecule has 1 saturated heterocycles. The normalized spacial score (nSPS) is 16.7. The Bertz CT molecular complexity index is 808. The van der Waals surface area contributed by atoms with Crippen molar-refractivity contribution in [1.82, 2.24) is 19.9 Å². The molecule has 0 saturated carbocycles. The molecule has 0 radical (unpaired) electrons. The zero-order chi connectivity index (χ0) is 15.2. The van der Waals surface area contributed by atoms with Gasteiger partial charge in [-0.1, -0.05) is 13.0 Å². The van der Waals surface area contributed by atoms with Crippen LogP contribution in [0.15, 0.2) is 36.9 Å². The molecule has 4 rings (SSSR count). The van der Waals surface area contributed by atoms with Crippen molar-refractivity contribution in [3.8, 4) is 0 Å². The fourth-order valence-electron chi connectivity index (χ4n) is 3.06. The molecule has 2 N–H and O–H groups in total. The first-order valence-electron chi connectivity index (χ1n) is 7.41. The summed E-state index contributed by atoms with van der Waals surface area (Å²) in [6.07, 6.45) is 6.16. The lowest BCUT2D eigenvalue weighted by atomic mass is 9.89. The summed E-state index contributed by atoms with van der Waals surface area (Å²) in [4.78, 5) is 18.2. The average Bonchev–Trinajstić information content (AvgIpc) is 2.96. The Hall–Kier alpha value is -2.47. The zero-order valence-corrected chi connectivity index (χ0v) is 12.3. The van der Waals surface area contributed by atoms with Crippen molar-refractivity contribution in [1.29, 1.82) is 0 Å². The van der Waals surface area contributed by atoms with Gasteiger partial charge in [-0.3, -0.25) is 4.98 Å². The monoisotopic (exact) mass is 295 g/mol. The summed E-state index contributed by atoms with van der Waals surface area (Å²) in [6.45, 7) is 3.09. The number of rotatable bonds is 3. The second kappa shape index (κ2) is 4.78. The first-order valence-corrected chi connectivity index (χ1v) is 7.41. The Morgan fingerprint density at radius 2 is 2.14 bits per heavy atom. The molecular weight excluding hydrogens is 278 g/mol. The van der Waals surface area contributed by atoms with Crippen molar-refractivity contribution in [3.05, 3.63) is 48.2 Å². The minimum absolute atomic E-state index is 0.491. The van der Waals surface area contributed by atoms with Gasteiger partial charge in [0.15, 0.2) is 0 Å². The molecular formula is C16H17N5O. The molecule has 0 atom stereocenters. The van der Waals surface area contributed by atoms with Gasteiger partial charge >= 0.3 is 0 Å². The van der Waals surface area contributed by atoms with Crippen LogP contribution in [0.2, 0.25) is 0 Å². The van der Waals surface area contributed by atoms with Crippen LogP contribution in [0.4, 0.5) is 5.82 Å². The van der Waals surface area contributed by atoms with E-state index in [0.717, 1.165) is 23.3 Å². The highest BCUT2D eigenvalue weighted by atomic mass is 16.3. The van der Waals surface area contributed by atoms with E-state index < -0.39 is 5.60 Å². The number of aromatic nitrogens is 4. The molecule has 3 aromatic heterocycles. The molecule has 4 heterocycles. The Labute approximate surface area is 127 Å². The number of pyridine rings is 1. The van der Waals surface area contributed by atoms with E-state index in [0.29, 0.717) is 18.8 Å². The Kier molecular flexibility index (Phi) is 2.87. The van der Waals surface area contributed by atoms with Crippen molar-refractivity contribution >= 4 is 16.9 Å². The lowest BCUT2D eigenvalue weighted by molar-refractivity contribution is 0.00310. The highest BCUT2D eigenvalue weighted by Gasteiger charge is 2.45. The van der Waals surface area contributed by atoms with Gasteiger partial charge in [-0.05, 0) is 24.1 Å². The van der Waals surface area contributed by atoms with E-state index in [1.807, 2.05) is 24.4 Å². The summed E-state index contributed by atoms with van der Waals surface area (Å²) in [7, 11) is 0. The second-order valence-corrected chi connectivity index (χ2v) is 5.69. The summed E-state index contributed by atoms with van der Waals surface area (Å²) in [5.41, 5.74) is 1.84. The molecule has 0 aliphatic carbocycles. The molecule has 3 aromatic rings. The van der Waals surface area contributed by atoms with Crippen LogP contribution in [0.3, 0.4) is 0 Å². The minimum atomic E-state index is -0.902. The van der Waals surface area contributed by atoms with Crippen LogP contribution >= 0.6 is 0 Å². The quantitative estimate of drug-likeness (QED) is 0.768. The third kappa shape index (κ3) is 1.88. The molecule has 0 amide bonds. The molecule has 6 nitrogen and oxygen atoms in total. The minimum Gasteiger partial charge on any atom is -0.380 e. The van der Waals surface area contributed by atoms with E-state index in [1.54, 1.807) is 12.5 Å². The Morgan fingerprint density at radius 3 is 2.86 bits per heavy atom. The number of nitrogens with zero attached hydrogens (tertiary/aromatic N) is 4. The Balaban J connectivity index is 1.67. The maximum atomic E-state index is 10.7. The molecule has 1 aliphatic rings. The Morgan fingerprint density at radius 1 is 1.27 bits per heavy atom. The number of β-amino-alcohol motifs (C(OH)–C–C–N with tert-alkyl or cyclic N) is 1. The van der Waals surface area contributed by atoms with Gasteiger partial charge in [-0.2, -0.15) is 0 Å². The van der Waals surface area contributed by atoms with Gasteiger partial charge in [0.1, 0.15) is 23.4 Å². The van der Waals surface area contributed by atoms with Crippen molar-refractivity contribution < 1.29 is 5.11 Å². The SMILES string of the molecule is CCc1c[nH]c2ncnc(N3CC(O)(c4ccccn4)C3)c12. The number of aliphatic hydroxyl groups is 1. The lowest BCUT2D eigenvalue weighted by Crippen LogP contribution is -2.60. The molecule has 0 aromatic carbocycles. The van der Waals surface area contributed by atoms with E-state index in [2.05, 4.69) is 31.8 Å². The van der Waals surface area contributed by atoms with Gasteiger partial charge in [0, 0.05) is 12.4 Å². The highest BCUT2D eigenvalue weighted by Crippen LogP contribution is 2.37. The number of anilines is 1. The topological polar surface area (TPSA) is 77.9 Å². The predicted molar refractivity (Wildman–Crippen MR) is 83.6 cm³/mol. The van der Waals surface area contributed by atoms with E-state index in [-0.39, 0.29) is 0 Å². The van der Waals surface area contributed by atoms with E-state index in [4.69, 9.17) is 0 Å². The fraction of sp³-hybridized carbons (Fsp3) is 0.312. The highest BCUT2D eigenvalue weighted by molar-refractivity contribution is 5.91. The molecule has 112 valence electrons. The van der Waals surface area contributed by atoms with Crippen LogP contribution < -0.4 is 4.90 Å². The lowest BCUT2D eigenvalue weighted by Gasteiger charge is -2.46. The van der Waals surface area contributed by atoms with Crippen LogP contribution in [0.5, 0.6) is 0 Å². The summed E-state index contributed by atoms with van der Waals surface area (Å²) >= 11 is 0. The molecule has 0 unspecified atom stereocenters. The van der Waals surface area contributed by atoms with Gasteiger partial charge in [0.25, 0.3) is 0 Å². The number of hydrogen-bond acceptors (Lipinski definition) is 5. The van der Waals surface area contributed by atoms with E-state index in [9.17, 15) is 5.11 Å². The van der Waals surface area contributed by atoms with Gasteiger partial charge in [-0.25, -0.2) is 9.97 Å². The number of nitrogens with one attached hydrogen (secondary N) is 1. The van der Waals surface area contributed by atoms with Gasteiger partial charge in [-0.15, -0.1) is 0 Å². The van der Waals surface area contributed by atoms with Crippen LogP contribution in [-0.2, 0) is 12.0 Å². The van der Waals surface area contributed by atoms with Crippen molar-refractivity contribution in [2.24, 2.45) is 0 Å². The van der Waals surface area contributed by atoms with Gasteiger partial charge < -0.3 is 15.0 Å². The fourth-order valence-corrected chi connectivity index (χ4v) is 3.06. The van der Waals surface area contributed by atoms with Crippen molar-refractivity contribution in [3.63, 3.8) is 0 Å². The maximum Gasteiger partial charge on any atom is 0.143 e. The van der Waals surface area contributed by atoms with Crippen LogP contribution in [0.1, 0.15) is 18.2 Å². The average molecular weight is 295 g/mol. The summed E-state index contributed by atoms with van der Waals surface area (Å²) in [5.74, 6) is 0.878. The summed E-state index contributed by atoms with van der Waals surface area (Å²) in [5, 5.41) is 11.8. The standard InChI is InChI=1S/C16H17N5O/c1-2-11-7-18-14-13(11)15(20-10-19-14)21-8-16(22,9-21)12-5-3-4-6-17-12/h3-7,10,22H,2,8-9H2,1H3,(H,18,19,20). The third-order valence-corrected chi connectivity index (χ3v) is 4.26. The molecule has 1 fully saturated rings. The van der Waals surface area contributed by atoms with E-state index in [1.165, 1.54) is 5.56 Å². The van der Waals surface area contributed by atoms with Gasteiger partial charge in [0.05, 0.1) is 24.2 Å². The van der Waals surface area contributed by atoms with Crippen LogP contribution in [0, 0.1) is 0 Å². The summed E-state index contributed by atoms with van der Waals surface area (Å²) in [6, 6.07) is 5.61. The van der Waals surface area contributed by atoms with E-state index >= 15 is 0 Å². The maximum absolute atomic E-state index is 10.7. The molecule has 22 heavy (non-hydrogen) atoms. The number of hydrogen-bond donors (Lipinski definition) is 2. The van der Waals surface area contributed by atoms with Crippen molar-refractivity contribution in [2.45, 2.75) is 18.9 Å². The molecule has 6 heteroatoms. The first-order chi connectivity index (χ1) is 10.7.